The number of rotatable bonds is 11. The standard InChI is InChI=1S/C28H34FN3O5S/c1-20(2)16-31(27(33)21-10-12-24(36-3)13-11-21)17-23-15-30-28(32(23)18-25-8-6-14-37-25)38(34,35)19-22-7-4-5-9-26(22)29/h4-5,7,9-13,15,20,25H,6,8,14,16-19H2,1-3H3/t25-/m0/s1. The van der Waals surface area contributed by atoms with Crippen LogP contribution in [0, 0.1) is 11.7 Å². The number of halogens is 1. The monoisotopic (exact) mass is 543 g/mol. The maximum absolute atomic E-state index is 14.3. The molecule has 1 aliphatic heterocycles. The van der Waals surface area contributed by atoms with Crippen LogP contribution in [0.4, 0.5) is 4.39 Å². The minimum absolute atomic E-state index is 0.0804. The normalized spacial score (nSPS) is 15.7. The third-order valence-electron chi connectivity index (χ3n) is 6.46. The van der Waals surface area contributed by atoms with Crippen molar-refractivity contribution in [2.24, 2.45) is 5.92 Å². The average molecular weight is 544 g/mol. The summed E-state index contributed by atoms with van der Waals surface area (Å²) in [5, 5.41) is -0.146. The van der Waals surface area contributed by atoms with Crippen LogP contribution in [0.15, 0.2) is 59.9 Å². The molecular weight excluding hydrogens is 509 g/mol. The molecular formula is C28H34FN3O5S. The van der Waals surface area contributed by atoms with Gasteiger partial charge in [-0.2, -0.15) is 0 Å². The van der Waals surface area contributed by atoms with E-state index in [1.54, 1.807) is 46.9 Å². The Morgan fingerprint density at radius 1 is 1.21 bits per heavy atom. The highest BCUT2D eigenvalue weighted by Crippen LogP contribution is 2.24. The van der Waals surface area contributed by atoms with Crippen LogP contribution in [-0.4, -0.2) is 55.1 Å². The van der Waals surface area contributed by atoms with Crippen LogP contribution in [0.2, 0.25) is 0 Å². The van der Waals surface area contributed by atoms with Gasteiger partial charge in [0.05, 0.1) is 43.9 Å². The molecule has 10 heteroatoms. The van der Waals surface area contributed by atoms with Crippen LogP contribution >= 0.6 is 0 Å². The van der Waals surface area contributed by atoms with Crippen molar-refractivity contribution in [2.75, 3.05) is 20.3 Å². The lowest BCUT2D eigenvalue weighted by Gasteiger charge is -2.26. The van der Waals surface area contributed by atoms with Crippen LogP contribution in [0.1, 0.15) is 48.3 Å². The molecule has 0 radical (unpaired) electrons. The first-order chi connectivity index (χ1) is 18.2. The molecule has 1 saturated heterocycles. The highest BCUT2D eigenvalue weighted by Gasteiger charge is 2.29. The molecule has 2 heterocycles. The number of carbonyl (C=O) groups excluding carboxylic acids is 1. The lowest BCUT2D eigenvalue weighted by molar-refractivity contribution is 0.0711. The molecule has 204 valence electrons. The van der Waals surface area contributed by atoms with Crippen molar-refractivity contribution in [3.63, 3.8) is 0 Å². The Bertz CT molecular complexity index is 1350. The zero-order valence-electron chi connectivity index (χ0n) is 22.0. The van der Waals surface area contributed by atoms with Gasteiger partial charge >= 0.3 is 0 Å². The molecule has 0 N–H and O–H groups in total. The third-order valence-corrected chi connectivity index (χ3v) is 8.03. The average Bonchev–Trinajstić information content (AvgIpc) is 3.55. The maximum atomic E-state index is 14.3. The van der Waals surface area contributed by atoms with E-state index >= 15 is 0 Å². The van der Waals surface area contributed by atoms with Crippen molar-refractivity contribution in [3.05, 3.63) is 77.4 Å². The predicted octanol–water partition coefficient (Wildman–Crippen LogP) is 4.48. The summed E-state index contributed by atoms with van der Waals surface area (Å²) in [6, 6.07) is 12.7. The van der Waals surface area contributed by atoms with E-state index in [2.05, 4.69) is 4.98 Å². The number of nitrogens with zero attached hydrogens (tertiary/aromatic N) is 3. The summed E-state index contributed by atoms with van der Waals surface area (Å²) < 4.78 is 53.8. The van der Waals surface area contributed by atoms with Crippen molar-refractivity contribution in [3.8, 4) is 5.75 Å². The number of sulfone groups is 1. The van der Waals surface area contributed by atoms with Crippen molar-refractivity contribution in [1.82, 2.24) is 14.5 Å². The van der Waals surface area contributed by atoms with Gasteiger partial charge in [-0.1, -0.05) is 32.0 Å². The SMILES string of the molecule is COc1ccc(C(=O)N(Cc2cnc(S(=O)(=O)Cc3ccccc3F)n2C[C@@H]2CCCO2)CC(C)C)cc1. The summed E-state index contributed by atoms with van der Waals surface area (Å²) in [6.45, 7) is 5.56. The number of imidazole rings is 1. The Balaban J connectivity index is 1.67. The quantitative estimate of drug-likeness (QED) is 0.354. The van der Waals surface area contributed by atoms with E-state index in [-0.39, 0.29) is 41.7 Å². The summed E-state index contributed by atoms with van der Waals surface area (Å²) in [5.74, 6) is -0.446. The van der Waals surface area contributed by atoms with E-state index in [4.69, 9.17) is 9.47 Å². The van der Waals surface area contributed by atoms with Crippen LogP contribution in [0.3, 0.4) is 0 Å². The van der Waals surface area contributed by atoms with Crippen molar-refractivity contribution in [2.45, 2.75) is 56.8 Å². The number of methoxy groups -OCH3 is 1. The number of hydrogen-bond acceptors (Lipinski definition) is 6. The van der Waals surface area contributed by atoms with E-state index in [0.717, 1.165) is 12.8 Å². The first kappa shape index (κ1) is 27.8. The lowest BCUT2D eigenvalue weighted by atomic mass is 10.1. The smallest absolute Gasteiger partial charge is 0.254 e. The van der Waals surface area contributed by atoms with Crippen LogP contribution < -0.4 is 4.74 Å². The molecule has 38 heavy (non-hydrogen) atoms. The number of aromatic nitrogens is 2. The second-order valence-electron chi connectivity index (χ2n) is 9.94. The molecule has 0 spiro atoms. The van der Waals surface area contributed by atoms with Gasteiger partial charge in [-0.3, -0.25) is 4.79 Å². The molecule has 8 nitrogen and oxygen atoms in total. The summed E-state index contributed by atoms with van der Waals surface area (Å²) in [6.07, 6.45) is 3.02. The van der Waals surface area contributed by atoms with Crippen molar-refractivity contribution in [1.29, 1.82) is 0 Å². The van der Waals surface area contributed by atoms with E-state index in [9.17, 15) is 17.6 Å². The van der Waals surface area contributed by atoms with Gasteiger partial charge < -0.3 is 18.9 Å². The second-order valence-corrected chi connectivity index (χ2v) is 11.8. The molecule has 1 aromatic heterocycles. The molecule has 1 fully saturated rings. The fourth-order valence-corrected chi connectivity index (χ4v) is 6.12. The van der Waals surface area contributed by atoms with Gasteiger partial charge in [0.15, 0.2) is 0 Å². The molecule has 4 rings (SSSR count). The number of carbonyl (C=O) groups is 1. The summed E-state index contributed by atoms with van der Waals surface area (Å²) in [5.41, 5.74) is 1.16. The molecule has 0 aliphatic carbocycles. The lowest BCUT2D eigenvalue weighted by Crippen LogP contribution is -2.35. The van der Waals surface area contributed by atoms with Gasteiger partial charge in [0, 0.05) is 24.3 Å². The predicted molar refractivity (Wildman–Crippen MR) is 141 cm³/mol. The van der Waals surface area contributed by atoms with Gasteiger partial charge in [0.1, 0.15) is 11.6 Å². The maximum Gasteiger partial charge on any atom is 0.254 e. The van der Waals surface area contributed by atoms with Crippen LogP contribution in [0.5, 0.6) is 5.75 Å². The summed E-state index contributed by atoms with van der Waals surface area (Å²) in [4.78, 5) is 19.5. The fourth-order valence-electron chi connectivity index (χ4n) is 4.61. The Morgan fingerprint density at radius 3 is 2.58 bits per heavy atom. The van der Waals surface area contributed by atoms with Gasteiger partial charge in [0.25, 0.3) is 5.91 Å². The molecule has 0 bridgehead atoms. The van der Waals surface area contributed by atoms with Gasteiger partial charge in [-0.05, 0) is 49.1 Å². The minimum Gasteiger partial charge on any atom is -0.497 e. The largest absolute Gasteiger partial charge is 0.497 e. The first-order valence-electron chi connectivity index (χ1n) is 12.7. The van der Waals surface area contributed by atoms with Crippen LogP contribution in [-0.2, 0) is 33.4 Å². The zero-order valence-corrected chi connectivity index (χ0v) is 22.8. The molecule has 0 saturated carbocycles. The van der Waals surface area contributed by atoms with E-state index in [0.29, 0.717) is 30.2 Å². The highest BCUT2D eigenvalue weighted by molar-refractivity contribution is 7.90. The molecule has 1 atom stereocenters. The number of benzene rings is 2. The van der Waals surface area contributed by atoms with E-state index in [1.165, 1.54) is 24.4 Å². The summed E-state index contributed by atoms with van der Waals surface area (Å²) >= 11 is 0. The molecule has 2 aromatic carbocycles. The Kier molecular flexibility index (Phi) is 8.83. The van der Waals surface area contributed by atoms with Crippen LogP contribution in [0.25, 0.3) is 0 Å². The minimum atomic E-state index is -3.99. The molecule has 1 aliphatic rings. The van der Waals surface area contributed by atoms with Gasteiger partial charge in [-0.15, -0.1) is 0 Å². The van der Waals surface area contributed by atoms with Crippen molar-refractivity contribution >= 4 is 15.7 Å². The molecule has 3 aromatic rings. The number of hydrogen-bond donors (Lipinski definition) is 0. The van der Waals surface area contributed by atoms with Crippen molar-refractivity contribution < 1.29 is 27.1 Å². The first-order valence-corrected chi connectivity index (χ1v) is 14.4. The second kappa shape index (κ2) is 12.1. The fraction of sp³-hybridized carbons (Fsp3) is 0.429. The topological polar surface area (TPSA) is 90.7 Å². The van der Waals surface area contributed by atoms with Gasteiger partial charge in [-0.25, -0.2) is 17.8 Å². The highest BCUT2D eigenvalue weighted by atomic mass is 32.2. The summed E-state index contributed by atoms with van der Waals surface area (Å²) in [7, 11) is -2.42. The zero-order chi connectivity index (χ0) is 27.3. The number of ether oxygens (including phenoxy) is 2. The van der Waals surface area contributed by atoms with E-state index in [1.807, 2.05) is 13.8 Å². The third kappa shape index (κ3) is 6.60. The molecule has 1 amide bonds. The Morgan fingerprint density at radius 2 is 1.95 bits per heavy atom. The Hall–Kier alpha value is -3.24. The Labute approximate surface area is 223 Å². The van der Waals surface area contributed by atoms with Gasteiger partial charge in [0.2, 0.25) is 15.0 Å². The van der Waals surface area contributed by atoms with E-state index < -0.39 is 21.4 Å². The number of amides is 1. The molecule has 0 unspecified atom stereocenters.